The number of rotatable bonds is 6. The minimum absolute atomic E-state index is 0.0334. The SMILES string of the molecule is CC(C)c1ccc(NC(=O)N2CC[C@H](C)[C@@H]2C(=O)Nc2ccc(-c3ccc(C(=O)O)cc3)cc2)cc1. The molecule has 2 atom stereocenters. The standard InChI is InChI=1S/C29H31N3O4/c1-18(2)20-8-12-25(13-9-20)31-29(36)32-17-16-19(3)26(32)27(33)30-24-14-10-22(11-15-24)21-4-6-23(7-5-21)28(34)35/h4-15,18-19,26H,16-17H2,1-3H3,(H,30,33)(H,31,36)(H,34,35)/t19-,26+/m0/s1. The molecule has 7 heteroatoms. The lowest BCUT2D eigenvalue weighted by Gasteiger charge is -2.26. The van der Waals surface area contributed by atoms with Crippen LogP contribution in [0.4, 0.5) is 16.2 Å². The van der Waals surface area contributed by atoms with Crippen LogP contribution in [-0.4, -0.2) is 40.5 Å². The van der Waals surface area contributed by atoms with Crippen LogP contribution in [-0.2, 0) is 4.79 Å². The summed E-state index contributed by atoms with van der Waals surface area (Å²) in [6.07, 6.45) is 0.753. The molecule has 3 amide bonds. The molecule has 0 spiro atoms. The number of benzene rings is 3. The minimum atomic E-state index is -0.965. The van der Waals surface area contributed by atoms with Gasteiger partial charge in [-0.2, -0.15) is 0 Å². The molecule has 3 N–H and O–H groups in total. The second-order valence-corrected chi connectivity index (χ2v) is 9.56. The number of nitrogens with one attached hydrogen (secondary N) is 2. The van der Waals surface area contributed by atoms with Crippen LogP contribution in [0.25, 0.3) is 11.1 Å². The normalized spacial score (nSPS) is 17.2. The molecule has 7 nitrogen and oxygen atoms in total. The van der Waals surface area contributed by atoms with E-state index in [0.29, 0.717) is 23.8 Å². The molecule has 1 aliphatic rings. The van der Waals surface area contributed by atoms with E-state index in [2.05, 4.69) is 24.5 Å². The van der Waals surface area contributed by atoms with Crippen molar-refractivity contribution in [1.29, 1.82) is 0 Å². The molecule has 0 saturated carbocycles. The van der Waals surface area contributed by atoms with Crippen molar-refractivity contribution in [1.82, 2.24) is 4.90 Å². The molecule has 4 rings (SSSR count). The van der Waals surface area contributed by atoms with Crippen molar-refractivity contribution in [2.75, 3.05) is 17.2 Å². The van der Waals surface area contributed by atoms with Crippen molar-refractivity contribution >= 4 is 29.3 Å². The molecule has 1 fully saturated rings. The van der Waals surface area contributed by atoms with Crippen LogP contribution in [0.15, 0.2) is 72.8 Å². The first-order valence-corrected chi connectivity index (χ1v) is 12.1. The molecule has 186 valence electrons. The summed E-state index contributed by atoms with van der Waals surface area (Å²) in [6, 6.07) is 20.9. The third kappa shape index (κ3) is 5.57. The van der Waals surface area contributed by atoms with Gasteiger partial charge in [0.2, 0.25) is 5.91 Å². The largest absolute Gasteiger partial charge is 0.478 e. The van der Waals surface area contributed by atoms with Gasteiger partial charge in [-0.1, -0.05) is 57.2 Å². The van der Waals surface area contributed by atoms with Crippen LogP contribution in [0.1, 0.15) is 49.0 Å². The summed E-state index contributed by atoms with van der Waals surface area (Å²) in [5.41, 5.74) is 4.55. The Hall–Kier alpha value is -4.13. The number of anilines is 2. The van der Waals surface area contributed by atoms with Gasteiger partial charge >= 0.3 is 12.0 Å². The van der Waals surface area contributed by atoms with Gasteiger partial charge in [0.05, 0.1) is 5.56 Å². The average molecular weight is 486 g/mol. The predicted molar refractivity (Wildman–Crippen MR) is 141 cm³/mol. The number of hydrogen-bond donors (Lipinski definition) is 3. The number of carboxylic acid groups (broad SMARTS) is 1. The maximum atomic E-state index is 13.2. The lowest BCUT2D eigenvalue weighted by molar-refractivity contribution is -0.120. The Morgan fingerprint density at radius 1 is 0.833 bits per heavy atom. The van der Waals surface area contributed by atoms with E-state index >= 15 is 0 Å². The quantitative estimate of drug-likeness (QED) is 0.395. The fourth-order valence-electron chi connectivity index (χ4n) is 4.49. The summed E-state index contributed by atoms with van der Waals surface area (Å²) in [5, 5.41) is 14.9. The van der Waals surface area contributed by atoms with E-state index in [9.17, 15) is 14.4 Å². The Labute approximate surface area is 211 Å². The summed E-state index contributed by atoms with van der Waals surface area (Å²) in [5.74, 6) is -0.740. The van der Waals surface area contributed by atoms with Gasteiger partial charge in [-0.05, 0) is 71.3 Å². The van der Waals surface area contributed by atoms with Crippen molar-refractivity contribution < 1.29 is 19.5 Å². The molecule has 0 radical (unpaired) electrons. The first kappa shape index (κ1) is 25.0. The molecule has 3 aromatic carbocycles. The summed E-state index contributed by atoms with van der Waals surface area (Å²) in [4.78, 5) is 38.8. The van der Waals surface area contributed by atoms with Gasteiger partial charge in [0.15, 0.2) is 0 Å². The zero-order valence-corrected chi connectivity index (χ0v) is 20.7. The maximum absolute atomic E-state index is 13.2. The van der Waals surface area contributed by atoms with Crippen LogP contribution in [0.3, 0.4) is 0 Å². The number of nitrogens with zero attached hydrogens (tertiary/aromatic N) is 1. The predicted octanol–water partition coefficient (Wildman–Crippen LogP) is 6.06. The van der Waals surface area contributed by atoms with E-state index in [0.717, 1.165) is 17.5 Å². The van der Waals surface area contributed by atoms with E-state index in [-0.39, 0.29) is 23.4 Å². The Kier molecular flexibility index (Phi) is 7.38. The Balaban J connectivity index is 1.41. The molecule has 0 aromatic heterocycles. The van der Waals surface area contributed by atoms with Gasteiger partial charge in [0, 0.05) is 17.9 Å². The molecular formula is C29H31N3O4. The van der Waals surface area contributed by atoms with E-state index < -0.39 is 12.0 Å². The van der Waals surface area contributed by atoms with Crippen LogP contribution >= 0.6 is 0 Å². The topological polar surface area (TPSA) is 98.7 Å². The van der Waals surface area contributed by atoms with E-state index in [1.807, 2.05) is 43.3 Å². The van der Waals surface area contributed by atoms with E-state index in [1.165, 1.54) is 5.56 Å². The van der Waals surface area contributed by atoms with Crippen LogP contribution < -0.4 is 10.6 Å². The molecule has 36 heavy (non-hydrogen) atoms. The molecule has 1 saturated heterocycles. The van der Waals surface area contributed by atoms with Crippen molar-refractivity contribution in [2.24, 2.45) is 5.92 Å². The monoisotopic (exact) mass is 485 g/mol. The molecule has 1 aliphatic heterocycles. The number of hydrogen-bond acceptors (Lipinski definition) is 3. The van der Waals surface area contributed by atoms with Gasteiger partial charge < -0.3 is 20.6 Å². The van der Waals surface area contributed by atoms with Crippen molar-refractivity contribution in [3.05, 3.63) is 83.9 Å². The highest BCUT2D eigenvalue weighted by Gasteiger charge is 2.39. The van der Waals surface area contributed by atoms with Gasteiger partial charge in [0.1, 0.15) is 6.04 Å². The summed E-state index contributed by atoms with van der Waals surface area (Å²) >= 11 is 0. The first-order chi connectivity index (χ1) is 17.2. The van der Waals surface area contributed by atoms with Gasteiger partial charge in [-0.25, -0.2) is 9.59 Å². The maximum Gasteiger partial charge on any atom is 0.335 e. The fourth-order valence-corrected chi connectivity index (χ4v) is 4.49. The van der Waals surface area contributed by atoms with Gasteiger partial charge in [-0.15, -0.1) is 0 Å². The van der Waals surface area contributed by atoms with Crippen LogP contribution in [0.5, 0.6) is 0 Å². The molecule has 1 heterocycles. The lowest BCUT2D eigenvalue weighted by Crippen LogP contribution is -2.47. The second kappa shape index (κ2) is 10.6. The van der Waals surface area contributed by atoms with Crippen molar-refractivity contribution in [2.45, 2.75) is 39.2 Å². The number of carbonyl (C=O) groups is 3. The van der Waals surface area contributed by atoms with Gasteiger partial charge in [-0.3, -0.25) is 4.79 Å². The van der Waals surface area contributed by atoms with E-state index in [1.54, 1.807) is 41.3 Å². The fraction of sp³-hybridized carbons (Fsp3) is 0.276. The number of carbonyl (C=O) groups excluding carboxylic acids is 2. The molecule has 3 aromatic rings. The number of aromatic carboxylic acids is 1. The highest BCUT2D eigenvalue weighted by Crippen LogP contribution is 2.27. The van der Waals surface area contributed by atoms with Crippen molar-refractivity contribution in [3.8, 4) is 11.1 Å². The van der Waals surface area contributed by atoms with Crippen molar-refractivity contribution in [3.63, 3.8) is 0 Å². The Morgan fingerprint density at radius 3 is 1.92 bits per heavy atom. The number of carboxylic acids is 1. The zero-order valence-electron chi connectivity index (χ0n) is 20.7. The molecule has 0 unspecified atom stereocenters. The first-order valence-electron chi connectivity index (χ1n) is 12.1. The molecule has 0 bridgehead atoms. The van der Waals surface area contributed by atoms with Gasteiger partial charge in [0.25, 0.3) is 0 Å². The molecular weight excluding hydrogens is 454 g/mol. The third-order valence-electron chi connectivity index (χ3n) is 6.68. The third-order valence-corrected chi connectivity index (χ3v) is 6.68. The summed E-state index contributed by atoms with van der Waals surface area (Å²) < 4.78 is 0. The number of likely N-dealkylation sites (tertiary alicyclic amines) is 1. The highest BCUT2D eigenvalue weighted by molar-refractivity contribution is 6.00. The highest BCUT2D eigenvalue weighted by atomic mass is 16.4. The Bertz CT molecular complexity index is 1240. The average Bonchev–Trinajstić information content (AvgIpc) is 3.26. The molecule has 0 aliphatic carbocycles. The van der Waals surface area contributed by atoms with Crippen LogP contribution in [0, 0.1) is 5.92 Å². The smallest absolute Gasteiger partial charge is 0.335 e. The Morgan fingerprint density at radius 2 is 1.36 bits per heavy atom. The minimum Gasteiger partial charge on any atom is -0.478 e. The second-order valence-electron chi connectivity index (χ2n) is 9.56. The van der Waals surface area contributed by atoms with Crippen LogP contribution in [0.2, 0.25) is 0 Å². The zero-order chi connectivity index (χ0) is 25.8. The number of amides is 3. The number of urea groups is 1. The summed E-state index contributed by atoms with van der Waals surface area (Å²) in [7, 11) is 0. The summed E-state index contributed by atoms with van der Waals surface area (Å²) in [6.45, 7) is 6.74. The van der Waals surface area contributed by atoms with E-state index in [4.69, 9.17) is 5.11 Å². The lowest BCUT2D eigenvalue weighted by atomic mass is 10.0.